The van der Waals surface area contributed by atoms with Crippen LogP contribution in [0.5, 0.6) is 0 Å². The Morgan fingerprint density at radius 3 is 2.38 bits per heavy atom. The van der Waals surface area contributed by atoms with Gasteiger partial charge in [0.25, 0.3) is 0 Å². The first-order valence-corrected chi connectivity index (χ1v) is 10.3. The highest BCUT2D eigenvalue weighted by Gasteiger charge is 2.33. The van der Waals surface area contributed by atoms with Crippen LogP contribution >= 0.6 is 0 Å². The predicted octanol–water partition coefficient (Wildman–Crippen LogP) is 0.477. The molecular weight excluding hydrogens is 374 g/mol. The Labute approximate surface area is 170 Å². The number of nitrogens with zero attached hydrogens (tertiary/aromatic N) is 5. The number of anilines is 1. The molecule has 0 atom stereocenters. The van der Waals surface area contributed by atoms with Gasteiger partial charge in [-0.05, 0) is 19.8 Å². The van der Waals surface area contributed by atoms with Gasteiger partial charge in [-0.15, -0.1) is 0 Å². The average Bonchev–Trinajstić information content (AvgIpc) is 3.06. The number of aryl methyl sites for hydroxylation is 1. The summed E-state index contributed by atoms with van der Waals surface area (Å²) in [5, 5.41) is 0. The highest BCUT2D eigenvalue weighted by atomic mass is 16.5. The van der Waals surface area contributed by atoms with Gasteiger partial charge in [0, 0.05) is 56.7 Å². The van der Waals surface area contributed by atoms with Crippen LogP contribution in [0, 0.1) is 6.92 Å². The van der Waals surface area contributed by atoms with Crippen molar-refractivity contribution < 1.29 is 19.1 Å². The van der Waals surface area contributed by atoms with E-state index in [2.05, 4.69) is 9.88 Å². The van der Waals surface area contributed by atoms with Crippen LogP contribution in [-0.4, -0.2) is 83.4 Å². The largest absolute Gasteiger partial charge is 0.378 e. The predicted molar refractivity (Wildman–Crippen MR) is 104 cm³/mol. The van der Waals surface area contributed by atoms with Gasteiger partial charge in [0.1, 0.15) is 18.2 Å². The Balaban J connectivity index is 1.37. The summed E-state index contributed by atoms with van der Waals surface area (Å²) < 4.78 is 5.42. The number of likely N-dealkylation sites (tertiary alicyclic amines) is 2. The molecule has 0 spiro atoms. The Morgan fingerprint density at radius 2 is 1.72 bits per heavy atom. The van der Waals surface area contributed by atoms with Crippen LogP contribution in [0.2, 0.25) is 0 Å². The van der Waals surface area contributed by atoms with Gasteiger partial charge in [-0.25, -0.2) is 9.97 Å². The summed E-state index contributed by atoms with van der Waals surface area (Å²) in [5.74, 6) is 1.33. The number of morpholine rings is 1. The zero-order chi connectivity index (χ0) is 20.4. The molecule has 0 N–H and O–H groups in total. The second-order valence-corrected chi connectivity index (χ2v) is 7.85. The number of carbonyl (C=O) groups excluding carboxylic acids is 3. The van der Waals surface area contributed by atoms with Crippen molar-refractivity contribution in [3.63, 3.8) is 0 Å². The monoisotopic (exact) mass is 401 g/mol. The number of carbonyl (C=O) groups is 3. The van der Waals surface area contributed by atoms with E-state index in [0.29, 0.717) is 26.3 Å². The van der Waals surface area contributed by atoms with Gasteiger partial charge in [-0.1, -0.05) is 0 Å². The van der Waals surface area contributed by atoms with Crippen LogP contribution in [-0.2, 0) is 19.1 Å². The van der Waals surface area contributed by atoms with E-state index in [4.69, 9.17) is 9.72 Å². The van der Waals surface area contributed by atoms with E-state index in [1.54, 1.807) is 4.90 Å². The molecule has 3 amide bonds. The van der Waals surface area contributed by atoms with Crippen molar-refractivity contribution >= 4 is 23.5 Å². The molecule has 0 aromatic carbocycles. The number of amides is 3. The first-order chi connectivity index (χ1) is 14.0. The molecule has 0 saturated carbocycles. The molecule has 4 heterocycles. The summed E-state index contributed by atoms with van der Waals surface area (Å²) in [6, 6.07) is 2.01. The molecule has 0 bridgehead atoms. The number of hydrogen-bond donors (Lipinski definition) is 0. The Bertz CT molecular complexity index is 784. The van der Waals surface area contributed by atoms with E-state index in [1.807, 2.05) is 13.0 Å². The smallest absolute Gasteiger partial charge is 0.242 e. The molecule has 29 heavy (non-hydrogen) atoms. The molecule has 156 valence electrons. The van der Waals surface area contributed by atoms with Crippen molar-refractivity contribution in [3.05, 3.63) is 17.6 Å². The van der Waals surface area contributed by atoms with Gasteiger partial charge in [0.15, 0.2) is 0 Å². The second kappa shape index (κ2) is 8.44. The lowest BCUT2D eigenvalue weighted by Gasteiger charge is -2.33. The lowest BCUT2D eigenvalue weighted by molar-refractivity contribution is -0.145. The topological polar surface area (TPSA) is 95.9 Å². The number of aromatic nitrogens is 2. The zero-order valence-electron chi connectivity index (χ0n) is 16.8. The maximum atomic E-state index is 12.5. The van der Waals surface area contributed by atoms with Crippen molar-refractivity contribution in [1.29, 1.82) is 0 Å². The Morgan fingerprint density at radius 1 is 1.07 bits per heavy atom. The van der Waals surface area contributed by atoms with Gasteiger partial charge >= 0.3 is 0 Å². The highest BCUT2D eigenvalue weighted by molar-refractivity contribution is 6.04. The average molecular weight is 401 g/mol. The van der Waals surface area contributed by atoms with Gasteiger partial charge in [-0.3, -0.25) is 19.3 Å². The van der Waals surface area contributed by atoms with Crippen molar-refractivity contribution in [1.82, 2.24) is 19.8 Å². The quantitative estimate of drug-likeness (QED) is 0.677. The summed E-state index contributed by atoms with van der Waals surface area (Å²) in [6.07, 6.45) is 1.98. The summed E-state index contributed by atoms with van der Waals surface area (Å²) >= 11 is 0. The molecule has 9 heteroatoms. The van der Waals surface area contributed by atoms with E-state index in [1.165, 1.54) is 0 Å². The summed E-state index contributed by atoms with van der Waals surface area (Å²) in [6.45, 7) is 6.10. The van der Waals surface area contributed by atoms with Crippen LogP contribution in [0.15, 0.2) is 6.07 Å². The van der Waals surface area contributed by atoms with Gasteiger partial charge in [-0.2, -0.15) is 0 Å². The highest BCUT2D eigenvalue weighted by Crippen LogP contribution is 2.28. The van der Waals surface area contributed by atoms with E-state index < -0.39 is 0 Å². The van der Waals surface area contributed by atoms with Crippen LogP contribution in [0.4, 0.5) is 5.82 Å². The molecule has 9 nitrogen and oxygen atoms in total. The van der Waals surface area contributed by atoms with Crippen LogP contribution in [0.1, 0.15) is 43.1 Å². The normalized spacial score (nSPS) is 21.2. The lowest BCUT2D eigenvalue weighted by Crippen LogP contribution is -2.45. The maximum Gasteiger partial charge on any atom is 0.242 e. The third-order valence-electron chi connectivity index (χ3n) is 5.85. The second-order valence-electron chi connectivity index (χ2n) is 7.85. The lowest BCUT2D eigenvalue weighted by atomic mass is 9.95. The van der Waals surface area contributed by atoms with Gasteiger partial charge in [0.2, 0.25) is 17.7 Å². The number of imide groups is 1. The minimum Gasteiger partial charge on any atom is -0.378 e. The Hall–Kier alpha value is -2.55. The van der Waals surface area contributed by atoms with E-state index in [0.717, 1.165) is 48.2 Å². The molecular formula is C20H27N5O4. The zero-order valence-corrected chi connectivity index (χ0v) is 16.8. The standard InChI is InChI=1S/C20H27N5O4/c1-14-12-16(23-8-10-29-11-9-23)22-20(21-14)15-4-6-24(7-5-15)19(28)13-25-17(26)2-3-18(25)27/h12,15H,2-11,13H2,1H3. The molecule has 1 aromatic heterocycles. The molecule has 0 aliphatic carbocycles. The molecule has 3 saturated heterocycles. The fourth-order valence-electron chi connectivity index (χ4n) is 4.13. The SMILES string of the molecule is Cc1cc(N2CCOCC2)nc(C2CCN(C(=O)CN3C(=O)CCC3=O)CC2)n1. The Kier molecular flexibility index (Phi) is 5.75. The number of rotatable bonds is 4. The van der Waals surface area contributed by atoms with Gasteiger partial charge in [0.05, 0.1) is 13.2 Å². The molecule has 3 aliphatic heterocycles. The van der Waals surface area contributed by atoms with E-state index >= 15 is 0 Å². The number of piperidine rings is 1. The summed E-state index contributed by atoms with van der Waals surface area (Å²) in [5.41, 5.74) is 0.945. The van der Waals surface area contributed by atoms with Crippen molar-refractivity contribution in [2.45, 2.75) is 38.5 Å². The van der Waals surface area contributed by atoms with E-state index in [9.17, 15) is 14.4 Å². The molecule has 0 unspecified atom stereocenters. The minimum absolute atomic E-state index is 0.134. The minimum atomic E-state index is -0.248. The van der Waals surface area contributed by atoms with Crippen molar-refractivity contribution in [2.75, 3.05) is 50.8 Å². The molecule has 1 aromatic rings. The van der Waals surface area contributed by atoms with Crippen molar-refractivity contribution in [2.24, 2.45) is 0 Å². The van der Waals surface area contributed by atoms with E-state index in [-0.39, 0.29) is 43.0 Å². The maximum absolute atomic E-state index is 12.5. The third-order valence-corrected chi connectivity index (χ3v) is 5.85. The van der Waals surface area contributed by atoms with Crippen LogP contribution in [0.25, 0.3) is 0 Å². The van der Waals surface area contributed by atoms with Crippen molar-refractivity contribution in [3.8, 4) is 0 Å². The molecule has 4 rings (SSSR count). The first kappa shape index (κ1) is 19.8. The van der Waals surface area contributed by atoms with Crippen LogP contribution in [0.3, 0.4) is 0 Å². The molecule has 0 radical (unpaired) electrons. The van der Waals surface area contributed by atoms with Crippen LogP contribution < -0.4 is 4.90 Å². The summed E-state index contributed by atoms with van der Waals surface area (Å²) in [4.78, 5) is 50.5. The summed E-state index contributed by atoms with van der Waals surface area (Å²) in [7, 11) is 0. The number of ether oxygens (including phenoxy) is 1. The number of hydrogen-bond acceptors (Lipinski definition) is 7. The van der Waals surface area contributed by atoms with Gasteiger partial charge < -0.3 is 14.5 Å². The first-order valence-electron chi connectivity index (χ1n) is 10.3. The fourth-order valence-corrected chi connectivity index (χ4v) is 4.13. The third kappa shape index (κ3) is 4.39. The molecule has 3 fully saturated rings. The molecule has 3 aliphatic rings. The fraction of sp³-hybridized carbons (Fsp3) is 0.650.